The van der Waals surface area contributed by atoms with Crippen LogP contribution in [0.4, 0.5) is 18.9 Å². The lowest BCUT2D eigenvalue weighted by atomic mass is 10.2. The molecule has 136 valence electrons. The van der Waals surface area contributed by atoms with E-state index in [1.165, 1.54) is 0 Å². The molecule has 6 nitrogen and oxygen atoms in total. The van der Waals surface area contributed by atoms with Gasteiger partial charge in [-0.2, -0.15) is 13.2 Å². The Morgan fingerprint density at radius 1 is 1.20 bits per heavy atom. The first-order valence-electron chi connectivity index (χ1n) is 7.07. The number of rotatable bonds is 5. The lowest BCUT2D eigenvalue weighted by molar-refractivity contribution is -0.137. The number of nitrogens with zero attached hydrogens (tertiary/aromatic N) is 1. The van der Waals surface area contributed by atoms with Crippen molar-refractivity contribution in [2.24, 2.45) is 0 Å². The Labute approximate surface area is 141 Å². The zero-order valence-electron chi connectivity index (χ0n) is 13.3. The number of hydrogen-bond acceptors (Lipinski definition) is 5. The van der Waals surface area contributed by atoms with Crippen molar-refractivity contribution in [3.05, 3.63) is 46.8 Å². The molecule has 1 aromatic carbocycles. The molecule has 0 saturated carbocycles. The summed E-state index contributed by atoms with van der Waals surface area (Å²) < 4.78 is 66.5. The quantitative estimate of drug-likeness (QED) is 0.867. The highest BCUT2D eigenvalue weighted by molar-refractivity contribution is 7.91. The lowest BCUT2D eigenvalue weighted by Gasteiger charge is -2.09. The molecule has 2 aromatic rings. The van der Waals surface area contributed by atoms with Crippen molar-refractivity contribution in [2.45, 2.75) is 25.8 Å². The number of amides is 1. The maximum Gasteiger partial charge on any atom is 0.416 e. The first-order chi connectivity index (χ1) is 11.5. The third-order valence-corrected chi connectivity index (χ3v) is 4.82. The van der Waals surface area contributed by atoms with Crippen LogP contribution in [0.5, 0.6) is 0 Å². The van der Waals surface area contributed by atoms with E-state index >= 15 is 0 Å². The summed E-state index contributed by atoms with van der Waals surface area (Å²) in [4.78, 5) is 11.9. The number of nitrogens with one attached hydrogen (secondary N) is 1. The third kappa shape index (κ3) is 5.05. The molecule has 1 N–H and O–H groups in total. The summed E-state index contributed by atoms with van der Waals surface area (Å²) in [6, 6.07) is 3.71. The van der Waals surface area contributed by atoms with E-state index in [1.54, 1.807) is 13.8 Å². The molecule has 0 bridgehead atoms. The van der Waals surface area contributed by atoms with Crippen molar-refractivity contribution in [3.8, 4) is 0 Å². The van der Waals surface area contributed by atoms with Gasteiger partial charge < -0.3 is 9.84 Å². The first kappa shape index (κ1) is 19.0. The molecule has 0 atom stereocenters. The molecule has 0 aliphatic carbocycles. The molecule has 25 heavy (non-hydrogen) atoms. The fourth-order valence-electron chi connectivity index (χ4n) is 2.12. The maximum absolute atomic E-state index is 12.5. The predicted octanol–water partition coefficient (Wildman–Crippen LogP) is 2.86. The molecule has 1 aromatic heterocycles. The van der Waals surface area contributed by atoms with Crippen molar-refractivity contribution in [1.82, 2.24) is 5.16 Å². The molecular weight excluding hydrogens is 361 g/mol. The minimum atomic E-state index is -4.49. The first-order valence-corrected chi connectivity index (χ1v) is 8.89. The van der Waals surface area contributed by atoms with Gasteiger partial charge in [-0.25, -0.2) is 8.42 Å². The second kappa shape index (κ2) is 6.87. The number of anilines is 1. The summed E-state index contributed by atoms with van der Waals surface area (Å²) in [6.07, 6.45) is -4.49. The standard InChI is InChI=1S/C15H15F3N2O4S/c1-9-13(10(2)24-20-9)7-25(22,23)8-14(21)19-12-5-3-11(4-6-12)15(16,17)18/h3-6H,7-8H2,1-2H3,(H,19,21). The summed E-state index contributed by atoms with van der Waals surface area (Å²) in [7, 11) is -3.79. The van der Waals surface area contributed by atoms with E-state index in [0.717, 1.165) is 24.3 Å². The van der Waals surface area contributed by atoms with Gasteiger partial charge in [-0.05, 0) is 38.1 Å². The summed E-state index contributed by atoms with van der Waals surface area (Å²) in [5, 5.41) is 5.90. The van der Waals surface area contributed by atoms with Crippen LogP contribution in [0.25, 0.3) is 0 Å². The normalized spacial score (nSPS) is 12.2. The fraction of sp³-hybridized carbons (Fsp3) is 0.333. The highest BCUT2D eigenvalue weighted by atomic mass is 32.2. The SMILES string of the molecule is Cc1noc(C)c1CS(=O)(=O)CC(=O)Nc1ccc(C(F)(F)F)cc1. The highest BCUT2D eigenvalue weighted by Gasteiger charge is 2.30. The van der Waals surface area contributed by atoms with Crippen LogP contribution in [0.2, 0.25) is 0 Å². The molecule has 0 saturated heterocycles. The minimum Gasteiger partial charge on any atom is -0.361 e. The van der Waals surface area contributed by atoms with E-state index in [-0.39, 0.29) is 5.69 Å². The molecule has 1 heterocycles. The zero-order valence-corrected chi connectivity index (χ0v) is 14.2. The topological polar surface area (TPSA) is 89.3 Å². The van der Waals surface area contributed by atoms with E-state index in [0.29, 0.717) is 17.0 Å². The lowest BCUT2D eigenvalue weighted by Crippen LogP contribution is -2.24. The summed E-state index contributed by atoms with van der Waals surface area (Å²) >= 11 is 0. The minimum absolute atomic E-state index is 0.0746. The van der Waals surface area contributed by atoms with Crippen molar-refractivity contribution in [1.29, 1.82) is 0 Å². The number of benzene rings is 1. The van der Waals surface area contributed by atoms with Crippen LogP contribution < -0.4 is 5.32 Å². The third-order valence-electron chi connectivity index (χ3n) is 3.39. The van der Waals surface area contributed by atoms with Gasteiger partial charge in [0.2, 0.25) is 5.91 Å². The van der Waals surface area contributed by atoms with E-state index in [2.05, 4.69) is 10.5 Å². The van der Waals surface area contributed by atoms with E-state index in [1.807, 2.05) is 0 Å². The maximum atomic E-state index is 12.5. The zero-order chi connectivity index (χ0) is 18.8. The highest BCUT2D eigenvalue weighted by Crippen LogP contribution is 2.29. The molecule has 0 aliphatic heterocycles. The van der Waals surface area contributed by atoms with Gasteiger partial charge in [-0.15, -0.1) is 0 Å². The Hall–Kier alpha value is -2.36. The van der Waals surface area contributed by atoms with Gasteiger partial charge in [0.15, 0.2) is 9.84 Å². The fourth-order valence-corrected chi connectivity index (χ4v) is 3.54. The van der Waals surface area contributed by atoms with Crippen molar-refractivity contribution in [3.63, 3.8) is 0 Å². The summed E-state index contributed by atoms with van der Waals surface area (Å²) in [6.45, 7) is 3.15. The molecule has 0 aliphatic rings. The Kier molecular flexibility index (Phi) is 5.21. The van der Waals surface area contributed by atoms with Crippen LogP contribution in [0, 0.1) is 13.8 Å². The molecule has 0 radical (unpaired) electrons. The molecular formula is C15H15F3N2O4S. The molecule has 2 rings (SSSR count). The van der Waals surface area contributed by atoms with Crippen LogP contribution in [0.3, 0.4) is 0 Å². The van der Waals surface area contributed by atoms with Crippen LogP contribution in [-0.4, -0.2) is 25.2 Å². The van der Waals surface area contributed by atoms with E-state index in [4.69, 9.17) is 4.52 Å². The second-order valence-electron chi connectivity index (χ2n) is 5.46. The van der Waals surface area contributed by atoms with Gasteiger partial charge in [0.25, 0.3) is 0 Å². The molecule has 0 spiro atoms. The number of aromatic nitrogens is 1. The Balaban J connectivity index is 2.02. The average molecular weight is 376 g/mol. The van der Waals surface area contributed by atoms with Crippen LogP contribution in [0.15, 0.2) is 28.8 Å². The number of sulfone groups is 1. The van der Waals surface area contributed by atoms with E-state index in [9.17, 15) is 26.4 Å². The summed E-state index contributed by atoms with van der Waals surface area (Å²) in [5.74, 6) is -1.71. The molecule has 10 heteroatoms. The van der Waals surface area contributed by atoms with Gasteiger partial charge in [0.1, 0.15) is 11.5 Å². The second-order valence-corrected chi connectivity index (χ2v) is 7.52. The Bertz CT molecular complexity index is 852. The van der Waals surface area contributed by atoms with Crippen molar-refractivity contribution < 1.29 is 30.9 Å². The number of halogens is 3. The number of carbonyl (C=O) groups is 1. The number of hydrogen-bond donors (Lipinski definition) is 1. The Morgan fingerprint density at radius 3 is 2.28 bits per heavy atom. The average Bonchev–Trinajstić information content (AvgIpc) is 2.77. The van der Waals surface area contributed by atoms with Crippen molar-refractivity contribution in [2.75, 3.05) is 11.1 Å². The van der Waals surface area contributed by atoms with E-state index < -0.39 is 39.0 Å². The largest absolute Gasteiger partial charge is 0.416 e. The van der Waals surface area contributed by atoms with Gasteiger partial charge >= 0.3 is 6.18 Å². The Morgan fingerprint density at radius 2 is 1.80 bits per heavy atom. The smallest absolute Gasteiger partial charge is 0.361 e. The van der Waals surface area contributed by atoms with Gasteiger partial charge in [0, 0.05) is 11.3 Å². The van der Waals surface area contributed by atoms with Gasteiger partial charge in [-0.3, -0.25) is 4.79 Å². The monoisotopic (exact) mass is 376 g/mol. The number of alkyl halides is 3. The molecule has 0 unspecified atom stereocenters. The van der Waals surface area contributed by atoms with Gasteiger partial charge in [-0.1, -0.05) is 5.16 Å². The van der Waals surface area contributed by atoms with Crippen LogP contribution >= 0.6 is 0 Å². The molecule has 0 fully saturated rings. The number of carbonyl (C=O) groups excluding carboxylic acids is 1. The van der Waals surface area contributed by atoms with Crippen LogP contribution in [0.1, 0.15) is 22.6 Å². The molecule has 1 amide bonds. The predicted molar refractivity (Wildman–Crippen MR) is 83.5 cm³/mol. The van der Waals surface area contributed by atoms with Crippen molar-refractivity contribution >= 4 is 21.4 Å². The van der Waals surface area contributed by atoms with Gasteiger partial charge in [0.05, 0.1) is 17.0 Å². The van der Waals surface area contributed by atoms with Crippen LogP contribution in [-0.2, 0) is 26.6 Å². The summed E-state index contributed by atoms with van der Waals surface area (Å²) in [5.41, 5.74) is 0.0219. The number of aryl methyl sites for hydroxylation is 2.